The van der Waals surface area contributed by atoms with Crippen LogP contribution in [0.25, 0.3) is 4.85 Å². The summed E-state index contributed by atoms with van der Waals surface area (Å²) >= 11 is 5.78. The summed E-state index contributed by atoms with van der Waals surface area (Å²) in [5, 5.41) is 6.11. The molecule has 3 rings (SSSR count). The summed E-state index contributed by atoms with van der Waals surface area (Å²) in [5.74, 6) is -0.855. The molecule has 0 spiro atoms. The monoisotopic (exact) mass is 418 g/mol. The Hall–Kier alpha value is -2.73. The summed E-state index contributed by atoms with van der Waals surface area (Å²) in [7, 11) is 0. The van der Waals surface area contributed by atoms with E-state index in [-0.39, 0.29) is 41.1 Å². The molecule has 152 valence electrons. The molecule has 1 aliphatic rings. The van der Waals surface area contributed by atoms with Crippen LogP contribution in [-0.2, 0) is 9.53 Å². The molecule has 1 aliphatic heterocycles. The molecule has 0 unspecified atom stereocenters. The first kappa shape index (κ1) is 21.0. The molecule has 2 heterocycles. The molecule has 1 aromatic heterocycles. The molecule has 0 bridgehead atoms. The van der Waals surface area contributed by atoms with E-state index in [0.29, 0.717) is 31.8 Å². The lowest BCUT2D eigenvalue weighted by molar-refractivity contribution is -0.123. The normalized spacial score (nSPS) is 19.1. The summed E-state index contributed by atoms with van der Waals surface area (Å²) in [6.07, 6.45) is 1.11. The van der Waals surface area contributed by atoms with Gasteiger partial charge in [0.05, 0.1) is 24.3 Å². The van der Waals surface area contributed by atoms with Gasteiger partial charge in [-0.1, -0.05) is 23.7 Å². The van der Waals surface area contributed by atoms with Gasteiger partial charge in [-0.3, -0.25) is 4.79 Å². The van der Waals surface area contributed by atoms with Gasteiger partial charge >= 0.3 is 0 Å². The minimum Gasteiger partial charge on any atom is -0.476 e. The van der Waals surface area contributed by atoms with Gasteiger partial charge in [-0.25, -0.2) is 14.2 Å². The van der Waals surface area contributed by atoms with Crippen LogP contribution in [0.2, 0.25) is 5.02 Å². The summed E-state index contributed by atoms with van der Waals surface area (Å²) in [6, 6.07) is 7.78. The topological polar surface area (TPSA) is 76.8 Å². The van der Waals surface area contributed by atoms with Gasteiger partial charge in [0, 0.05) is 31.7 Å². The van der Waals surface area contributed by atoms with Crippen molar-refractivity contribution >= 4 is 23.2 Å². The Morgan fingerprint density at radius 2 is 2.34 bits per heavy atom. The Balaban J connectivity index is 1.60. The van der Waals surface area contributed by atoms with Crippen molar-refractivity contribution in [3.63, 3.8) is 0 Å². The molecule has 2 aromatic rings. The summed E-state index contributed by atoms with van der Waals surface area (Å²) in [5.41, 5.74) is 0.910. The van der Waals surface area contributed by atoms with Crippen molar-refractivity contribution < 1.29 is 18.7 Å². The molecule has 9 heteroatoms. The number of hydrogen-bond donors (Lipinski definition) is 2. The third kappa shape index (κ3) is 5.64. The lowest BCUT2D eigenvalue weighted by Gasteiger charge is -2.25. The molecule has 1 saturated heterocycles. The number of carbonyl (C=O) groups is 1. The number of benzene rings is 1. The lowest BCUT2D eigenvalue weighted by Crippen LogP contribution is -2.38. The number of nitrogens with one attached hydrogen (secondary N) is 2. The largest absolute Gasteiger partial charge is 0.476 e. The molecule has 1 aromatic carbocycles. The first-order valence-corrected chi connectivity index (χ1v) is 9.45. The van der Waals surface area contributed by atoms with Crippen molar-refractivity contribution in [3.05, 3.63) is 64.3 Å². The molecule has 1 amide bonds. The maximum Gasteiger partial charge on any atom is 0.257 e. The second-order valence-corrected chi connectivity index (χ2v) is 6.87. The van der Waals surface area contributed by atoms with Gasteiger partial charge < -0.3 is 20.1 Å². The maximum atomic E-state index is 13.9. The highest BCUT2D eigenvalue weighted by Gasteiger charge is 2.27. The number of rotatable bonds is 6. The van der Waals surface area contributed by atoms with Crippen LogP contribution >= 0.6 is 11.6 Å². The van der Waals surface area contributed by atoms with Crippen molar-refractivity contribution in [1.82, 2.24) is 15.6 Å². The number of ether oxygens (including phenoxy) is 2. The van der Waals surface area contributed by atoms with Gasteiger partial charge in [0.2, 0.25) is 11.6 Å². The molecular weight excluding hydrogens is 399 g/mol. The van der Waals surface area contributed by atoms with E-state index >= 15 is 0 Å². The van der Waals surface area contributed by atoms with E-state index in [1.54, 1.807) is 18.2 Å². The standard InChI is InChI=1S/C20H20ClFN4O3/c1-23-17-3-2-6-25-20(17)29-12-18(27)26-11-14-10-24-7-8-28-19(14)13-4-5-15(21)16(22)9-13/h2-6,9,14,19,24H,7-8,10-12H2,(H,26,27)/t14-,19-/m0/s1. The SMILES string of the molecule is [C-]#[N+]c1cccnc1OCC(=O)NC[C@@H]1CNCCO[C@H]1c1ccc(Cl)c(F)c1. The van der Waals surface area contributed by atoms with E-state index in [9.17, 15) is 9.18 Å². The van der Waals surface area contributed by atoms with E-state index in [0.717, 1.165) is 0 Å². The Morgan fingerprint density at radius 3 is 3.14 bits per heavy atom. The predicted molar refractivity (Wildman–Crippen MR) is 105 cm³/mol. The predicted octanol–water partition coefficient (Wildman–Crippen LogP) is 2.90. The Kier molecular flexibility index (Phi) is 7.36. The smallest absolute Gasteiger partial charge is 0.257 e. The first-order valence-electron chi connectivity index (χ1n) is 9.07. The highest BCUT2D eigenvalue weighted by molar-refractivity contribution is 6.30. The van der Waals surface area contributed by atoms with Crippen LogP contribution in [0.1, 0.15) is 11.7 Å². The van der Waals surface area contributed by atoms with Gasteiger partial charge in [0.25, 0.3) is 5.91 Å². The molecule has 2 N–H and O–H groups in total. The fourth-order valence-corrected chi connectivity index (χ4v) is 3.15. The van der Waals surface area contributed by atoms with Crippen LogP contribution in [-0.4, -0.2) is 43.7 Å². The van der Waals surface area contributed by atoms with E-state index in [4.69, 9.17) is 27.6 Å². The highest BCUT2D eigenvalue weighted by Crippen LogP contribution is 2.29. The third-order valence-corrected chi connectivity index (χ3v) is 4.76. The van der Waals surface area contributed by atoms with Gasteiger partial charge in [-0.2, -0.15) is 0 Å². The quantitative estimate of drug-likeness (QED) is 0.705. The Bertz CT molecular complexity index is 906. The number of nitrogens with zero attached hydrogens (tertiary/aromatic N) is 2. The fraction of sp³-hybridized carbons (Fsp3) is 0.350. The average Bonchev–Trinajstić information content (AvgIpc) is 2.98. The van der Waals surface area contributed by atoms with Crippen LogP contribution in [0.3, 0.4) is 0 Å². The minimum atomic E-state index is -0.507. The van der Waals surface area contributed by atoms with Crippen molar-refractivity contribution in [2.45, 2.75) is 6.10 Å². The van der Waals surface area contributed by atoms with Gasteiger partial charge in [0.15, 0.2) is 6.61 Å². The zero-order chi connectivity index (χ0) is 20.6. The van der Waals surface area contributed by atoms with Crippen LogP contribution in [0.4, 0.5) is 10.1 Å². The van der Waals surface area contributed by atoms with Crippen LogP contribution < -0.4 is 15.4 Å². The van der Waals surface area contributed by atoms with Crippen molar-refractivity contribution in [1.29, 1.82) is 0 Å². The molecule has 0 saturated carbocycles. The van der Waals surface area contributed by atoms with E-state index in [1.807, 2.05) is 0 Å². The molecule has 0 radical (unpaired) electrons. The number of amides is 1. The number of halogens is 2. The number of aromatic nitrogens is 1. The summed E-state index contributed by atoms with van der Waals surface area (Å²) in [4.78, 5) is 19.5. The van der Waals surface area contributed by atoms with E-state index in [1.165, 1.54) is 18.3 Å². The van der Waals surface area contributed by atoms with Gasteiger partial charge in [0.1, 0.15) is 5.82 Å². The number of hydrogen-bond acceptors (Lipinski definition) is 5. The maximum absolute atomic E-state index is 13.9. The third-order valence-electron chi connectivity index (χ3n) is 4.46. The number of pyridine rings is 1. The van der Waals surface area contributed by atoms with E-state index in [2.05, 4.69) is 20.5 Å². The van der Waals surface area contributed by atoms with E-state index < -0.39 is 5.82 Å². The second-order valence-electron chi connectivity index (χ2n) is 6.46. The molecule has 1 fully saturated rings. The fourth-order valence-electron chi connectivity index (χ4n) is 3.03. The second kappa shape index (κ2) is 10.2. The first-order chi connectivity index (χ1) is 14.1. The Morgan fingerprint density at radius 1 is 1.48 bits per heavy atom. The zero-order valence-electron chi connectivity index (χ0n) is 15.5. The van der Waals surface area contributed by atoms with Crippen LogP contribution in [0.15, 0.2) is 36.5 Å². The van der Waals surface area contributed by atoms with Crippen molar-refractivity contribution in [2.24, 2.45) is 5.92 Å². The lowest BCUT2D eigenvalue weighted by atomic mass is 9.95. The van der Waals surface area contributed by atoms with Crippen molar-refractivity contribution in [2.75, 3.05) is 32.8 Å². The molecule has 0 aliphatic carbocycles. The molecular formula is C20H20ClFN4O3. The highest BCUT2D eigenvalue weighted by atomic mass is 35.5. The van der Waals surface area contributed by atoms with Crippen LogP contribution in [0.5, 0.6) is 5.88 Å². The van der Waals surface area contributed by atoms with Gasteiger partial charge in [-0.05, 0) is 23.8 Å². The molecule has 29 heavy (non-hydrogen) atoms. The zero-order valence-corrected chi connectivity index (χ0v) is 16.3. The minimum absolute atomic E-state index is 0.0517. The van der Waals surface area contributed by atoms with Crippen molar-refractivity contribution in [3.8, 4) is 5.88 Å². The number of carbonyl (C=O) groups excluding carboxylic acids is 1. The summed E-state index contributed by atoms with van der Waals surface area (Å²) < 4.78 is 25.1. The summed E-state index contributed by atoms with van der Waals surface area (Å²) in [6.45, 7) is 8.87. The van der Waals surface area contributed by atoms with Crippen LogP contribution in [0, 0.1) is 18.3 Å². The van der Waals surface area contributed by atoms with Gasteiger partial charge in [-0.15, -0.1) is 0 Å². The average molecular weight is 419 g/mol. The molecule has 7 nitrogen and oxygen atoms in total. The Labute approximate surface area is 173 Å². The molecule has 2 atom stereocenters.